The Labute approximate surface area is 90.8 Å². The van der Waals surface area contributed by atoms with Gasteiger partial charge in [-0.05, 0) is 6.92 Å². The molecule has 0 aromatic carbocycles. The quantitative estimate of drug-likeness (QED) is 0.682. The van der Waals surface area contributed by atoms with Crippen molar-refractivity contribution in [1.82, 2.24) is 9.55 Å². The molecule has 0 spiro atoms. The van der Waals surface area contributed by atoms with Crippen molar-refractivity contribution in [2.75, 3.05) is 0 Å². The van der Waals surface area contributed by atoms with Gasteiger partial charge in [-0.25, -0.2) is 4.79 Å². The van der Waals surface area contributed by atoms with Crippen LogP contribution in [-0.4, -0.2) is 20.8 Å². The number of aryl methyl sites for hydroxylation is 1. The van der Waals surface area contributed by atoms with Crippen molar-refractivity contribution in [2.24, 2.45) is 0 Å². The first-order valence-electron chi connectivity index (χ1n) is 4.84. The molecule has 16 heavy (non-hydrogen) atoms. The number of rotatable bonds is 1. The Balaban J connectivity index is 2.43. The number of aliphatic hydroxyl groups excluding tert-OH is 1. The molecule has 1 aliphatic rings. The number of hydrogen-bond acceptors (Lipinski definition) is 4. The highest BCUT2D eigenvalue weighted by molar-refractivity contribution is 5.04. The van der Waals surface area contributed by atoms with Gasteiger partial charge < -0.3 is 9.84 Å². The number of nitrogens with zero attached hydrogens (tertiary/aromatic N) is 1. The van der Waals surface area contributed by atoms with E-state index in [4.69, 9.17) is 4.74 Å². The second-order valence-electron chi connectivity index (χ2n) is 3.77. The predicted molar refractivity (Wildman–Crippen MR) is 55.9 cm³/mol. The maximum absolute atomic E-state index is 11.5. The summed E-state index contributed by atoms with van der Waals surface area (Å²) >= 11 is 0. The Bertz CT molecular complexity index is 542. The fraction of sp³-hybridized carbons (Fsp3) is 0.400. The molecular formula is C10H12N2O4. The molecular weight excluding hydrogens is 212 g/mol. The second-order valence-corrected chi connectivity index (χ2v) is 3.77. The molecule has 0 aliphatic carbocycles. The van der Waals surface area contributed by atoms with Crippen molar-refractivity contribution in [3.63, 3.8) is 0 Å². The largest absolute Gasteiger partial charge is 0.472 e. The van der Waals surface area contributed by atoms with E-state index in [2.05, 4.69) is 11.6 Å². The molecule has 0 radical (unpaired) electrons. The third kappa shape index (κ3) is 1.67. The fourth-order valence-corrected chi connectivity index (χ4v) is 1.59. The summed E-state index contributed by atoms with van der Waals surface area (Å²) < 4.78 is 6.48. The number of aliphatic hydroxyl groups is 1. The van der Waals surface area contributed by atoms with Gasteiger partial charge in [0.05, 0.1) is 0 Å². The Morgan fingerprint density at radius 2 is 2.31 bits per heavy atom. The van der Waals surface area contributed by atoms with E-state index in [-0.39, 0.29) is 12.2 Å². The standard InChI is InChI=1S/C10H12N2O4/c1-5-4-12(10(15)11-9(5)14)8-3-7(13)6(2)16-8/h4,7-8,13H,2-3H2,1H3,(H,11,14,15)/t7-,8-/m1/s1. The lowest BCUT2D eigenvalue weighted by Gasteiger charge is -2.13. The summed E-state index contributed by atoms with van der Waals surface area (Å²) in [5.41, 5.74) is -0.559. The van der Waals surface area contributed by atoms with Crippen molar-refractivity contribution in [2.45, 2.75) is 25.7 Å². The van der Waals surface area contributed by atoms with Crippen LogP contribution in [0.15, 0.2) is 28.1 Å². The summed E-state index contributed by atoms with van der Waals surface area (Å²) in [5, 5.41) is 9.43. The molecule has 0 amide bonds. The first-order chi connectivity index (χ1) is 7.49. The van der Waals surface area contributed by atoms with Gasteiger partial charge in [0.1, 0.15) is 11.9 Å². The SMILES string of the molecule is C=C1O[C@@H](n2cc(C)c(=O)[nH]c2=O)C[C@H]1O. The van der Waals surface area contributed by atoms with Gasteiger partial charge >= 0.3 is 5.69 Å². The lowest BCUT2D eigenvalue weighted by Crippen LogP contribution is -2.33. The molecule has 1 fully saturated rings. The highest BCUT2D eigenvalue weighted by Crippen LogP contribution is 2.28. The molecule has 6 heteroatoms. The molecule has 0 unspecified atom stereocenters. The Hall–Kier alpha value is -1.82. The summed E-state index contributed by atoms with van der Waals surface area (Å²) in [5.74, 6) is 0.237. The van der Waals surface area contributed by atoms with Gasteiger partial charge in [0.25, 0.3) is 5.56 Å². The minimum Gasteiger partial charge on any atom is -0.472 e. The van der Waals surface area contributed by atoms with E-state index < -0.39 is 23.6 Å². The van der Waals surface area contributed by atoms with E-state index in [1.807, 2.05) is 0 Å². The number of hydrogen-bond donors (Lipinski definition) is 2. The molecule has 0 saturated carbocycles. The van der Waals surface area contributed by atoms with Crippen LogP contribution < -0.4 is 11.2 Å². The number of nitrogens with one attached hydrogen (secondary N) is 1. The van der Waals surface area contributed by atoms with Crippen LogP contribution in [0.4, 0.5) is 0 Å². The molecule has 1 aromatic rings. The molecule has 0 bridgehead atoms. The van der Waals surface area contributed by atoms with Gasteiger partial charge in [-0.15, -0.1) is 0 Å². The zero-order valence-electron chi connectivity index (χ0n) is 8.77. The van der Waals surface area contributed by atoms with E-state index in [0.29, 0.717) is 5.56 Å². The minimum absolute atomic E-state index is 0.237. The highest BCUT2D eigenvalue weighted by Gasteiger charge is 2.30. The van der Waals surface area contributed by atoms with Gasteiger partial charge in [0, 0.05) is 18.2 Å². The predicted octanol–water partition coefficient (Wildman–Crippen LogP) is -0.361. The van der Waals surface area contributed by atoms with Gasteiger partial charge in [-0.2, -0.15) is 0 Å². The highest BCUT2D eigenvalue weighted by atomic mass is 16.5. The van der Waals surface area contributed by atoms with Crippen LogP contribution in [0.25, 0.3) is 0 Å². The fourth-order valence-electron chi connectivity index (χ4n) is 1.59. The maximum Gasteiger partial charge on any atom is 0.331 e. The van der Waals surface area contributed by atoms with E-state index >= 15 is 0 Å². The first kappa shape index (κ1) is 10.7. The molecule has 2 rings (SSSR count). The molecule has 2 heterocycles. The smallest absolute Gasteiger partial charge is 0.331 e. The van der Waals surface area contributed by atoms with Crippen LogP contribution in [0, 0.1) is 6.92 Å². The van der Waals surface area contributed by atoms with Crippen molar-refractivity contribution >= 4 is 0 Å². The lowest BCUT2D eigenvalue weighted by molar-refractivity contribution is 0.0932. The molecule has 6 nitrogen and oxygen atoms in total. The second kappa shape index (κ2) is 3.64. The number of ether oxygens (including phenoxy) is 1. The van der Waals surface area contributed by atoms with Crippen molar-refractivity contribution < 1.29 is 9.84 Å². The van der Waals surface area contributed by atoms with Gasteiger partial charge in [0.15, 0.2) is 6.23 Å². The molecule has 86 valence electrons. The molecule has 1 aromatic heterocycles. The summed E-state index contributed by atoms with van der Waals surface area (Å²) in [6.07, 6.45) is 0.288. The Morgan fingerprint density at radius 1 is 1.62 bits per heavy atom. The number of aromatic amines is 1. The van der Waals surface area contributed by atoms with E-state index in [9.17, 15) is 14.7 Å². The first-order valence-corrected chi connectivity index (χ1v) is 4.84. The number of H-pyrrole nitrogens is 1. The van der Waals surface area contributed by atoms with Crippen LogP contribution in [0.2, 0.25) is 0 Å². The zero-order valence-corrected chi connectivity index (χ0v) is 8.77. The van der Waals surface area contributed by atoms with Crippen LogP contribution in [-0.2, 0) is 4.74 Å². The molecule has 1 aliphatic heterocycles. The molecule has 2 N–H and O–H groups in total. The van der Waals surface area contributed by atoms with E-state index in [1.54, 1.807) is 6.92 Å². The van der Waals surface area contributed by atoms with Crippen LogP contribution in [0.1, 0.15) is 18.2 Å². The topological polar surface area (TPSA) is 84.3 Å². The summed E-state index contributed by atoms with van der Waals surface area (Å²) in [4.78, 5) is 24.8. The minimum atomic E-state index is -0.774. The summed E-state index contributed by atoms with van der Waals surface area (Å²) in [6, 6.07) is 0. The van der Waals surface area contributed by atoms with E-state index in [0.717, 1.165) is 0 Å². The van der Waals surface area contributed by atoms with Crippen molar-refractivity contribution in [3.8, 4) is 0 Å². The Morgan fingerprint density at radius 3 is 2.88 bits per heavy atom. The average Bonchev–Trinajstić information content (AvgIpc) is 2.53. The van der Waals surface area contributed by atoms with Crippen LogP contribution in [0.5, 0.6) is 0 Å². The van der Waals surface area contributed by atoms with Gasteiger partial charge in [0.2, 0.25) is 0 Å². The molecule has 1 saturated heterocycles. The normalized spacial score (nSPS) is 24.5. The average molecular weight is 224 g/mol. The summed E-state index contributed by atoms with van der Waals surface area (Å²) in [7, 11) is 0. The molecule has 2 atom stereocenters. The van der Waals surface area contributed by atoms with Gasteiger partial charge in [-0.1, -0.05) is 6.58 Å². The third-order valence-corrected chi connectivity index (χ3v) is 2.54. The van der Waals surface area contributed by atoms with Crippen LogP contribution >= 0.6 is 0 Å². The van der Waals surface area contributed by atoms with Crippen molar-refractivity contribution in [1.29, 1.82) is 0 Å². The van der Waals surface area contributed by atoms with Gasteiger partial charge in [-0.3, -0.25) is 14.3 Å². The zero-order chi connectivity index (χ0) is 11.9. The lowest BCUT2D eigenvalue weighted by atomic mass is 10.2. The third-order valence-electron chi connectivity index (χ3n) is 2.54. The van der Waals surface area contributed by atoms with E-state index in [1.165, 1.54) is 10.8 Å². The van der Waals surface area contributed by atoms with Crippen LogP contribution in [0.3, 0.4) is 0 Å². The summed E-state index contributed by atoms with van der Waals surface area (Å²) in [6.45, 7) is 5.11. The monoisotopic (exact) mass is 224 g/mol. The Kier molecular flexibility index (Phi) is 2.43. The number of aromatic nitrogens is 2. The van der Waals surface area contributed by atoms with Crippen molar-refractivity contribution in [3.05, 3.63) is 44.9 Å². The maximum atomic E-state index is 11.5.